The van der Waals surface area contributed by atoms with Crippen LogP contribution in [0.1, 0.15) is 19.8 Å². The maximum absolute atomic E-state index is 13.3. The van der Waals surface area contributed by atoms with Crippen molar-refractivity contribution >= 4 is 23.2 Å². The van der Waals surface area contributed by atoms with Gasteiger partial charge in [0.15, 0.2) is 0 Å². The van der Waals surface area contributed by atoms with Crippen LogP contribution in [0, 0.1) is 5.82 Å². The molecule has 0 fully saturated rings. The molecule has 0 saturated carbocycles. The molecule has 0 spiro atoms. The first-order valence-corrected chi connectivity index (χ1v) is 5.44. The largest absolute Gasteiger partial charge is 0.322 e. The van der Waals surface area contributed by atoms with E-state index in [-0.39, 0.29) is 16.6 Å². The number of hydrogen-bond donors (Lipinski definition) is 2. The number of benzene rings is 1. The lowest BCUT2D eigenvalue weighted by atomic mass is 10.1. The summed E-state index contributed by atoms with van der Waals surface area (Å²) in [4.78, 5) is 11.5. The Morgan fingerprint density at radius 3 is 2.88 bits per heavy atom. The molecule has 1 rings (SSSR count). The molecule has 1 atom stereocenters. The molecule has 1 amide bonds. The van der Waals surface area contributed by atoms with Gasteiger partial charge in [0.25, 0.3) is 0 Å². The SMILES string of the molecule is CCCC(N)C(=O)Nc1ccc(Cl)cc1F. The standard InChI is InChI=1S/C11H14ClFN2O/c1-2-3-9(14)11(16)15-10-5-4-7(12)6-8(10)13/h4-6,9H,2-3,14H2,1H3,(H,15,16). The molecule has 0 aliphatic heterocycles. The Morgan fingerprint density at radius 1 is 1.62 bits per heavy atom. The minimum absolute atomic E-state index is 0.0981. The van der Waals surface area contributed by atoms with Crippen molar-refractivity contribution < 1.29 is 9.18 Å². The van der Waals surface area contributed by atoms with Gasteiger partial charge in [0, 0.05) is 5.02 Å². The molecule has 3 nitrogen and oxygen atoms in total. The average Bonchev–Trinajstić information content (AvgIpc) is 2.22. The number of nitrogens with one attached hydrogen (secondary N) is 1. The molecule has 0 heterocycles. The Kier molecular flexibility index (Phi) is 4.71. The van der Waals surface area contributed by atoms with E-state index < -0.39 is 11.9 Å². The molecule has 16 heavy (non-hydrogen) atoms. The monoisotopic (exact) mass is 244 g/mol. The van der Waals surface area contributed by atoms with Gasteiger partial charge in [0.2, 0.25) is 5.91 Å². The topological polar surface area (TPSA) is 55.1 Å². The molecule has 1 aromatic rings. The number of hydrogen-bond acceptors (Lipinski definition) is 2. The third-order valence-electron chi connectivity index (χ3n) is 2.13. The summed E-state index contributed by atoms with van der Waals surface area (Å²) in [6.07, 6.45) is 1.37. The molecule has 88 valence electrons. The zero-order valence-electron chi connectivity index (χ0n) is 8.97. The maximum Gasteiger partial charge on any atom is 0.241 e. The summed E-state index contributed by atoms with van der Waals surface area (Å²) in [5.41, 5.74) is 5.69. The molecule has 0 aromatic heterocycles. The number of nitrogens with two attached hydrogens (primary N) is 1. The summed E-state index contributed by atoms with van der Waals surface area (Å²) in [5, 5.41) is 2.71. The molecular formula is C11H14ClFN2O. The van der Waals surface area contributed by atoms with Crippen molar-refractivity contribution in [3.63, 3.8) is 0 Å². The number of rotatable bonds is 4. The molecule has 1 aromatic carbocycles. The van der Waals surface area contributed by atoms with Crippen LogP contribution in [0.15, 0.2) is 18.2 Å². The van der Waals surface area contributed by atoms with Crippen LogP contribution in [0.25, 0.3) is 0 Å². The Hall–Kier alpha value is -1.13. The lowest BCUT2D eigenvalue weighted by Gasteiger charge is -2.11. The van der Waals surface area contributed by atoms with Crippen molar-refractivity contribution in [1.29, 1.82) is 0 Å². The predicted octanol–water partition coefficient (Wildman–Crippen LogP) is 2.55. The van der Waals surface area contributed by atoms with E-state index in [0.717, 1.165) is 12.5 Å². The van der Waals surface area contributed by atoms with Gasteiger partial charge in [-0.3, -0.25) is 4.79 Å². The first kappa shape index (κ1) is 12.9. The van der Waals surface area contributed by atoms with Crippen LogP contribution >= 0.6 is 11.6 Å². The molecule has 0 aliphatic carbocycles. The summed E-state index contributed by atoms with van der Waals surface area (Å²) in [5.74, 6) is -0.951. The third kappa shape index (κ3) is 3.47. The Balaban J connectivity index is 2.69. The number of amides is 1. The summed E-state index contributed by atoms with van der Waals surface area (Å²) in [7, 11) is 0. The first-order valence-electron chi connectivity index (χ1n) is 5.06. The van der Waals surface area contributed by atoms with Gasteiger partial charge in [0.05, 0.1) is 11.7 Å². The van der Waals surface area contributed by atoms with Gasteiger partial charge < -0.3 is 11.1 Å². The highest BCUT2D eigenvalue weighted by atomic mass is 35.5. The smallest absolute Gasteiger partial charge is 0.241 e. The minimum Gasteiger partial charge on any atom is -0.322 e. The van der Waals surface area contributed by atoms with Crippen LogP contribution in [-0.4, -0.2) is 11.9 Å². The van der Waals surface area contributed by atoms with Crippen LogP contribution in [0.4, 0.5) is 10.1 Å². The van der Waals surface area contributed by atoms with E-state index in [0.29, 0.717) is 6.42 Å². The van der Waals surface area contributed by atoms with E-state index in [2.05, 4.69) is 5.32 Å². The second-order valence-corrected chi connectivity index (χ2v) is 3.95. The molecular weight excluding hydrogens is 231 g/mol. The lowest BCUT2D eigenvalue weighted by molar-refractivity contribution is -0.117. The quantitative estimate of drug-likeness (QED) is 0.855. The number of anilines is 1. The average molecular weight is 245 g/mol. The maximum atomic E-state index is 13.3. The molecule has 0 bridgehead atoms. The van der Waals surface area contributed by atoms with Crippen molar-refractivity contribution in [2.75, 3.05) is 5.32 Å². The van der Waals surface area contributed by atoms with Crippen molar-refractivity contribution in [3.05, 3.63) is 29.0 Å². The van der Waals surface area contributed by atoms with Gasteiger partial charge in [0.1, 0.15) is 5.82 Å². The van der Waals surface area contributed by atoms with E-state index in [9.17, 15) is 9.18 Å². The van der Waals surface area contributed by atoms with E-state index in [1.807, 2.05) is 6.92 Å². The van der Waals surface area contributed by atoms with E-state index in [4.69, 9.17) is 17.3 Å². The van der Waals surface area contributed by atoms with E-state index in [1.165, 1.54) is 12.1 Å². The lowest BCUT2D eigenvalue weighted by Crippen LogP contribution is -2.35. The van der Waals surface area contributed by atoms with Crippen LogP contribution in [0.3, 0.4) is 0 Å². The van der Waals surface area contributed by atoms with Crippen LogP contribution < -0.4 is 11.1 Å². The van der Waals surface area contributed by atoms with Gasteiger partial charge in [-0.2, -0.15) is 0 Å². The van der Waals surface area contributed by atoms with Crippen molar-refractivity contribution in [1.82, 2.24) is 0 Å². The Bertz CT molecular complexity index is 384. The highest BCUT2D eigenvalue weighted by Crippen LogP contribution is 2.19. The molecule has 0 radical (unpaired) electrons. The van der Waals surface area contributed by atoms with Crippen LogP contribution in [0.2, 0.25) is 5.02 Å². The number of carbonyl (C=O) groups is 1. The van der Waals surface area contributed by atoms with E-state index in [1.54, 1.807) is 0 Å². The number of carbonyl (C=O) groups excluding carboxylic acids is 1. The van der Waals surface area contributed by atoms with Gasteiger partial charge in [-0.25, -0.2) is 4.39 Å². The zero-order chi connectivity index (χ0) is 12.1. The molecule has 3 N–H and O–H groups in total. The molecule has 0 aliphatic rings. The van der Waals surface area contributed by atoms with Gasteiger partial charge >= 0.3 is 0 Å². The summed E-state index contributed by atoms with van der Waals surface area (Å²) in [6, 6.07) is 3.45. The highest BCUT2D eigenvalue weighted by Gasteiger charge is 2.14. The first-order chi connectivity index (χ1) is 7.54. The van der Waals surface area contributed by atoms with Gasteiger partial charge in [-0.15, -0.1) is 0 Å². The van der Waals surface area contributed by atoms with Gasteiger partial charge in [-0.1, -0.05) is 24.9 Å². The van der Waals surface area contributed by atoms with Crippen LogP contribution in [-0.2, 0) is 4.79 Å². The fraction of sp³-hybridized carbons (Fsp3) is 0.364. The highest BCUT2D eigenvalue weighted by molar-refractivity contribution is 6.30. The van der Waals surface area contributed by atoms with Crippen LogP contribution in [0.5, 0.6) is 0 Å². The van der Waals surface area contributed by atoms with Gasteiger partial charge in [-0.05, 0) is 24.6 Å². The second kappa shape index (κ2) is 5.82. The molecule has 5 heteroatoms. The summed E-state index contributed by atoms with van der Waals surface area (Å²) < 4.78 is 13.3. The second-order valence-electron chi connectivity index (χ2n) is 3.51. The third-order valence-corrected chi connectivity index (χ3v) is 2.36. The van der Waals surface area contributed by atoms with E-state index >= 15 is 0 Å². The molecule has 1 unspecified atom stereocenters. The van der Waals surface area contributed by atoms with Crippen molar-refractivity contribution in [2.45, 2.75) is 25.8 Å². The molecule has 0 saturated heterocycles. The fourth-order valence-corrected chi connectivity index (χ4v) is 1.42. The fourth-order valence-electron chi connectivity index (χ4n) is 1.26. The normalized spacial score (nSPS) is 12.2. The Morgan fingerprint density at radius 2 is 2.31 bits per heavy atom. The Labute approximate surface area is 98.8 Å². The summed E-state index contributed by atoms with van der Waals surface area (Å²) in [6.45, 7) is 1.93. The zero-order valence-corrected chi connectivity index (χ0v) is 9.72. The van der Waals surface area contributed by atoms with Crippen molar-refractivity contribution in [3.8, 4) is 0 Å². The van der Waals surface area contributed by atoms with Crippen molar-refractivity contribution in [2.24, 2.45) is 5.73 Å². The summed E-state index contributed by atoms with van der Waals surface area (Å²) >= 11 is 5.59. The number of halogens is 2. The minimum atomic E-state index is -0.611. The predicted molar refractivity (Wildman–Crippen MR) is 62.9 cm³/mol.